The van der Waals surface area contributed by atoms with E-state index in [1.54, 1.807) is 31.2 Å². The van der Waals surface area contributed by atoms with Crippen molar-refractivity contribution in [1.82, 2.24) is 5.32 Å². The van der Waals surface area contributed by atoms with Gasteiger partial charge in [0.25, 0.3) is 5.91 Å². The van der Waals surface area contributed by atoms with Gasteiger partial charge in [-0.2, -0.15) is 0 Å². The first-order valence-electron chi connectivity index (χ1n) is 7.81. The first kappa shape index (κ1) is 17.4. The Morgan fingerprint density at radius 3 is 2.26 bits per heavy atom. The Morgan fingerprint density at radius 2 is 1.70 bits per heavy atom. The lowest BCUT2D eigenvalue weighted by Crippen LogP contribution is -2.37. The fourth-order valence-electron chi connectivity index (χ4n) is 2.23. The van der Waals surface area contributed by atoms with Crippen molar-refractivity contribution >= 4 is 17.5 Å². The second-order valence-corrected chi connectivity index (χ2v) is 5.98. The van der Waals surface area contributed by atoms with Gasteiger partial charge in [0.15, 0.2) is 6.10 Å². The quantitative estimate of drug-likeness (QED) is 0.843. The molecule has 0 aliphatic rings. The van der Waals surface area contributed by atoms with Gasteiger partial charge in [-0.25, -0.2) is 0 Å². The summed E-state index contributed by atoms with van der Waals surface area (Å²) in [5.41, 5.74) is 2.36. The molecule has 0 bridgehead atoms. The van der Waals surface area contributed by atoms with Gasteiger partial charge in [0, 0.05) is 5.02 Å². The highest BCUT2D eigenvalue weighted by atomic mass is 35.5. The summed E-state index contributed by atoms with van der Waals surface area (Å²) in [7, 11) is 0. The van der Waals surface area contributed by atoms with Crippen molar-refractivity contribution in [2.24, 2.45) is 0 Å². The van der Waals surface area contributed by atoms with Crippen LogP contribution < -0.4 is 10.1 Å². The molecule has 122 valence electrons. The van der Waals surface area contributed by atoms with Gasteiger partial charge in [0.1, 0.15) is 5.75 Å². The number of ether oxygens (including phenoxy) is 1. The molecule has 1 N–H and O–H groups in total. The van der Waals surface area contributed by atoms with Crippen LogP contribution in [0.3, 0.4) is 0 Å². The summed E-state index contributed by atoms with van der Waals surface area (Å²) in [6.07, 6.45) is 0.432. The van der Waals surface area contributed by atoms with E-state index in [-0.39, 0.29) is 11.9 Å². The zero-order valence-electron chi connectivity index (χ0n) is 13.7. The molecule has 0 fully saturated rings. The van der Waals surface area contributed by atoms with Crippen molar-refractivity contribution in [3.05, 3.63) is 64.7 Å². The third-order valence-electron chi connectivity index (χ3n) is 3.74. The van der Waals surface area contributed by atoms with E-state index in [4.69, 9.17) is 16.3 Å². The van der Waals surface area contributed by atoms with Crippen molar-refractivity contribution in [3.8, 4) is 5.75 Å². The predicted octanol–water partition coefficient (Wildman–Crippen LogP) is 4.55. The molecule has 23 heavy (non-hydrogen) atoms. The standard InChI is InChI=1S/C19H22ClNO2/c1-4-15-5-7-16(8-6-15)13(2)21-19(22)14(3)23-18-11-9-17(20)10-12-18/h5-14H,4H2,1-3H3,(H,21,22). The van der Waals surface area contributed by atoms with Crippen LogP contribution in [0.2, 0.25) is 5.02 Å². The molecule has 2 unspecified atom stereocenters. The number of nitrogens with one attached hydrogen (secondary N) is 1. The molecule has 0 aliphatic carbocycles. The third-order valence-corrected chi connectivity index (χ3v) is 3.99. The molecule has 0 aliphatic heterocycles. The van der Waals surface area contributed by atoms with E-state index in [0.717, 1.165) is 12.0 Å². The number of amides is 1. The second kappa shape index (κ2) is 8.02. The summed E-state index contributed by atoms with van der Waals surface area (Å²) in [5, 5.41) is 3.61. The lowest BCUT2D eigenvalue weighted by atomic mass is 10.0. The molecule has 2 aromatic rings. The lowest BCUT2D eigenvalue weighted by molar-refractivity contribution is -0.127. The topological polar surface area (TPSA) is 38.3 Å². The smallest absolute Gasteiger partial charge is 0.261 e. The minimum Gasteiger partial charge on any atom is -0.481 e. The number of halogens is 1. The van der Waals surface area contributed by atoms with Crippen LogP contribution in [0.25, 0.3) is 0 Å². The van der Waals surface area contributed by atoms with Crippen LogP contribution in [0.1, 0.15) is 37.9 Å². The summed E-state index contributed by atoms with van der Waals surface area (Å²) < 4.78 is 5.63. The normalized spacial score (nSPS) is 13.2. The molecular formula is C19H22ClNO2. The molecule has 1 amide bonds. The summed E-state index contributed by atoms with van der Waals surface area (Å²) in [6, 6.07) is 15.2. The lowest BCUT2D eigenvalue weighted by Gasteiger charge is -2.19. The van der Waals surface area contributed by atoms with Gasteiger partial charge in [-0.3, -0.25) is 4.79 Å². The van der Waals surface area contributed by atoms with Crippen molar-refractivity contribution in [1.29, 1.82) is 0 Å². The number of hydrogen-bond donors (Lipinski definition) is 1. The van der Waals surface area contributed by atoms with Crippen LogP contribution in [-0.2, 0) is 11.2 Å². The largest absolute Gasteiger partial charge is 0.481 e. The average molecular weight is 332 g/mol. The maximum absolute atomic E-state index is 12.3. The third kappa shape index (κ3) is 5.00. The minimum absolute atomic E-state index is 0.0651. The predicted molar refractivity (Wildman–Crippen MR) is 93.9 cm³/mol. The molecule has 3 nitrogen and oxygen atoms in total. The van der Waals surface area contributed by atoms with Crippen LogP contribution >= 0.6 is 11.6 Å². The Bertz CT molecular complexity index is 637. The van der Waals surface area contributed by atoms with Gasteiger partial charge < -0.3 is 10.1 Å². The molecule has 0 aromatic heterocycles. The average Bonchev–Trinajstić information content (AvgIpc) is 2.56. The van der Waals surface area contributed by atoms with Gasteiger partial charge in [0.05, 0.1) is 6.04 Å². The number of benzene rings is 2. The first-order chi connectivity index (χ1) is 11.0. The van der Waals surface area contributed by atoms with Crippen LogP contribution in [-0.4, -0.2) is 12.0 Å². The van der Waals surface area contributed by atoms with Gasteiger partial charge in [0.2, 0.25) is 0 Å². The van der Waals surface area contributed by atoms with Gasteiger partial charge >= 0.3 is 0 Å². The fraction of sp³-hybridized carbons (Fsp3) is 0.316. The monoisotopic (exact) mass is 331 g/mol. The number of aryl methyl sites for hydroxylation is 1. The zero-order valence-corrected chi connectivity index (χ0v) is 14.4. The highest BCUT2D eigenvalue weighted by Gasteiger charge is 2.17. The van der Waals surface area contributed by atoms with E-state index in [0.29, 0.717) is 10.8 Å². The van der Waals surface area contributed by atoms with Crippen molar-refractivity contribution < 1.29 is 9.53 Å². The van der Waals surface area contributed by atoms with Gasteiger partial charge in [-0.05, 0) is 55.7 Å². The molecule has 0 spiro atoms. The van der Waals surface area contributed by atoms with Crippen LogP contribution in [0, 0.1) is 0 Å². The van der Waals surface area contributed by atoms with Crippen molar-refractivity contribution in [2.45, 2.75) is 39.3 Å². The second-order valence-electron chi connectivity index (χ2n) is 5.54. The van der Waals surface area contributed by atoms with Crippen LogP contribution in [0.5, 0.6) is 5.75 Å². The highest BCUT2D eigenvalue weighted by molar-refractivity contribution is 6.30. The minimum atomic E-state index is -0.575. The number of hydrogen-bond acceptors (Lipinski definition) is 2. The molecule has 4 heteroatoms. The van der Waals surface area contributed by atoms with E-state index in [2.05, 4.69) is 36.5 Å². The molecule has 2 rings (SSSR count). The molecule has 0 saturated carbocycles. The summed E-state index contributed by atoms with van der Waals surface area (Å²) in [5.74, 6) is 0.476. The first-order valence-corrected chi connectivity index (χ1v) is 8.19. The van der Waals surface area contributed by atoms with E-state index in [1.807, 2.05) is 6.92 Å². The zero-order chi connectivity index (χ0) is 16.8. The molecule has 0 heterocycles. The van der Waals surface area contributed by atoms with Crippen LogP contribution in [0.4, 0.5) is 0 Å². The van der Waals surface area contributed by atoms with Gasteiger partial charge in [-0.15, -0.1) is 0 Å². The van der Waals surface area contributed by atoms with Crippen LogP contribution in [0.15, 0.2) is 48.5 Å². The number of carbonyl (C=O) groups excluding carboxylic acids is 1. The van der Waals surface area contributed by atoms with Gasteiger partial charge in [-0.1, -0.05) is 42.8 Å². The van der Waals surface area contributed by atoms with Crippen molar-refractivity contribution in [2.75, 3.05) is 0 Å². The number of rotatable bonds is 6. The fourth-order valence-corrected chi connectivity index (χ4v) is 2.35. The Kier molecular flexibility index (Phi) is 6.05. The van der Waals surface area contributed by atoms with E-state index in [9.17, 15) is 4.79 Å². The highest BCUT2D eigenvalue weighted by Crippen LogP contribution is 2.18. The molecule has 0 radical (unpaired) electrons. The summed E-state index contributed by atoms with van der Waals surface area (Å²) in [4.78, 5) is 12.3. The van der Waals surface area contributed by atoms with Crippen molar-refractivity contribution in [3.63, 3.8) is 0 Å². The molecule has 2 aromatic carbocycles. The summed E-state index contributed by atoms with van der Waals surface area (Å²) in [6.45, 7) is 5.82. The van der Waals surface area contributed by atoms with E-state index >= 15 is 0 Å². The molecular weight excluding hydrogens is 310 g/mol. The Hall–Kier alpha value is -2.00. The summed E-state index contributed by atoms with van der Waals surface area (Å²) >= 11 is 5.83. The maximum atomic E-state index is 12.3. The molecule has 2 atom stereocenters. The van der Waals surface area contributed by atoms with E-state index in [1.165, 1.54) is 5.56 Å². The maximum Gasteiger partial charge on any atom is 0.261 e. The van der Waals surface area contributed by atoms with E-state index < -0.39 is 6.10 Å². The molecule has 0 saturated heterocycles. The Balaban J connectivity index is 1.92. The Labute approximate surface area is 142 Å². The Morgan fingerprint density at radius 1 is 1.09 bits per heavy atom. The number of carbonyl (C=O) groups is 1. The SMILES string of the molecule is CCc1ccc(C(C)NC(=O)C(C)Oc2ccc(Cl)cc2)cc1.